The van der Waals surface area contributed by atoms with Crippen LogP contribution in [0.15, 0.2) is 18.2 Å². The van der Waals surface area contributed by atoms with Crippen LogP contribution < -0.4 is 10.6 Å². The van der Waals surface area contributed by atoms with Gasteiger partial charge in [-0.05, 0) is 23.6 Å². The lowest BCUT2D eigenvalue weighted by atomic mass is 10.1. The molecule has 1 aliphatic heterocycles. The molecule has 1 aliphatic rings. The Kier molecular flexibility index (Phi) is 4.74. The van der Waals surface area contributed by atoms with E-state index in [0.29, 0.717) is 37.7 Å². The van der Waals surface area contributed by atoms with Gasteiger partial charge < -0.3 is 15.4 Å². The average Bonchev–Trinajstić information content (AvgIpc) is 2.76. The van der Waals surface area contributed by atoms with E-state index in [1.165, 1.54) is 0 Å². The van der Waals surface area contributed by atoms with Gasteiger partial charge in [-0.25, -0.2) is 0 Å². The summed E-state index contributed by atoms with van der Waals surface area (Å²) in [5, 5.41) is 5.54. The third-order valence-electron chi connectivity index (χ3n) is 2.98. The molecule has 20 heavy (non-hydrogen) atoms. The van der Waals surface area contributed by atoms with Gasteiger partial charge in [-0.2, -0.15) is 0 Å². The van der Waals surface area contributed by atoms with E-state index < -0.39 is 0 Å². The molecule has 0 aromatic heterocycles. The van der Waals surface area contributed by atoms with Gasteiger partial charge in [0, 0.05) is 24.4 Å². The number of hydrogen-bond donors (Lipinski definition) is 2. The van der Waals surface area contributed by atoms with E-state index in [1.54, 1.807) is 12.1 Å². The Morgan fingerprint density at radius 3 is 3.00 bits per heavy atom. The van der Waals surface area contributed by atoms with Crippen LogP contribution >= 0.6 is 0 Å². The molecule has 2 amide bonds. The zero-order valence-electron chi connectivity index (χ0n) is 11.9. The largest absolute Gasteiger partial charge is 0.379 e. The van der Waals surface area contributed by atoms with Crippen LogP contribution in [0.5, 0.6) is 0 Å². The van der Waals surface area contributed by atoms with Gasteiger partial charge in [0.2, 0.25) is 5.91 Å². The maximum absolute atomic E-state index is 11.9. The van der Waals surface area contributed by atoms with E-state index in [2.05, 4.69) is 24.5 Å². The number of carbonyl (C=O) groups is 2. The van der Waals surface area contributed by atoms with Crippen LogP contribution in [-0.4, -0.2) is 31.6 Å². The predicted molar refractivity (Wildman–Crippen MR) is 76.8 cm³/mol. The Labute approximate surface area is 118 Å². The van der Waals surface area contributed by atoms with E-state index >= 15 is 0 Å². The molecule has 5 heteroatoms. The van der Waals surface area contributed by atoms with Crippen LogP contribution in [0.2, 0.25) is 0 Å². The van der Waals surface area contributed by atoms with Gasteiger partial charge in [-0.3, -0.25) is 9.59 Å². The molecule has 2 N–H and O–H groups in total. The second-order valence-electron chi connectivity index (χ2n) is 5.32. The fourth-order valence-electron chi connectivity index (χ4n) is 2.01. The van der Waals surface area contributed by atoms with Crippen molar-refractivity contribution in [3.05, 3.63) is 29.3 Å². The number of ether oxygens (including phenoxy) is 1. The molecule has 0 saturated heterocycles. The molecular formula is C15H20N2O3. The summed E-state index contributed by atoms with van der Waals surface area (Å²) in [6.07, 6.45) is 0.389. The minimum absolute atomic E-state index is 0.0281. The van der Waals surface area contributed by atoms with Crippen LogP contribution in [0.25, 0.3) is 0 Å². The molecule has 0 spiro atoms. The summed E-state index contributed by atoms with van der Waals surface area (Å²) in [7, 11) is 0. The normalized spacial score (nSPS) is 13.2. The van der Waals surface area contributed by atoms with E-state index in [0.717, 1.165) is 11.3 Å². The van der Waals surface area contributed by atoms with E-state index in [4.69, 9.17) is 4.74 Å². The van der Waals surface area contributed by atoms with E-state index in [9.17, 15) is 9.59 Å². The van der Waals surface area contributed by atoms with Crippen molar-refractivity contribution in [2.45, 2.75) is 20.3 Å². The highest BCUT2D eigenvalue weighted by atomic mass is 16.5. The molecule has 0 fully saturated rings. The maximum atomic E-state index is 11.9. The number of benzene rings is 1. The van der Waals surface area contributed by atoms with Crippen LogP contribution in [0.4, 0.5) is 5.69 Å². The van der Waals surface area contributed by atoms with Crippen LogP contribution in [0.3, 0.4) is 0 Å². The Morgan fingerprint density at radius 2 is 2.25 bits per heavy atom. The molecule has 0 radical (unpaired) electrons. The van der Waals surface area contributed by atoms with Crippen molar-refractivity contribution in [2.24, 2.45) is 5.92 Å². The van der Waals surface area contributed by atoms with Gasteiger partial charge in [0.1, 0.15) is 0 Å². The highest BCUT2D eigenvalue weighted by Crippen LogP contribution is 2.23. The van der Waals surface area contributed by atoms with Crippen LogP contribution in [0.1, 0.15) is 29.8 Å². The van der Waals surface area contributed by atoms with Crippen LogP contribution in [0, 0.1) is 5.92 Å². The van der Waals surface area contributed by atoms with E-state index in [-0.39, 0.29) is 11.8 Å². The highest BCUT2D eigenvalue weighted by molar-refractivity contribution is 6.02. The molecule has 108 valence electrons. The molecule has 0 unspecified atom stereocenters. The first-order chi connectivity index (χ1) is 9.56. The fraction of sp³-hybridized carbons (Fsp3) is 0.467. The van der Waals surface area contributed by atoms with Crippen molar-refractivity contribution in [3.8, 4) is 0 Å². The summed E-state index contributed by atoms with van der Waals surface area (Å²) < 4.78 is 5.40. The van der Waals surface area contributed by atoms with Gasteiger partial charge in [0.05, 0.1) is 13.0 Å². The van der Waals surface area contributed by atoms with Gasteiger partial charge in [0.15, 0.2) is 0 Å². The van der Waals surface area contributed by atoms with Crippen molar-refractivity contribution < 1.29 is 14.3 Å². The summed E-state index contributed by atoms with van der Waals surface area (Å²) in [5.41, 5.74) is 2.22. The van der Waals surface area contributed by atoms with Crippen molar-refractivity contribution in [1.82, 2.24) is 5.32 Å². The van der Waals surface area contributed by atoms with Crippen molar-refractivity contribution in [1.29, 1.82) is 0 Å². The number of rotatable bonds is 6. The minimum atomic E-state index is -0.151. The first-order valence-corrected chi connectivity index (χ1v) is 6.85. The number of fused-ring (bicyclic) bond motifs is 1. The molecule has 1 aromatic rings. The lowest BCUT2D eigenvalue weighted by Crippen LogP contribution is -2.27. The first kappa shape index (κ1) is 14.5. The highest BCUT2D eigenvalue weighted by Gasteiger charge is 2.18. The van der Waals surface area contributed by atoms with Gasteiger partial charge >= 0.3 is 0 Å². The second kappa shape index (κ2) is 6.52. The lowest BCUT2D eigenvalue weighted by molar-refractivity contribution is -0.115. The summed E-state index contributed by atoms with van der Waals surface area (Å²) in [5.74, 6) is 0.313. The molecule has 0 aliphatic carbocycles. The third-order valence-corrected chi connectivity index (χ3v) is 2.98. The van der Waals surface area contributed by atoms with Crippen molar-refractivity contribution >= 4 is 17.5 Å². The van der Waals surface area contributed by atoms with Gasteiger partial charge in [-0.1, -0.05) is 19.9 Å². The SMILES string of the molecule is CC(C)COCCNC(=O)c1ccc2c(c1)NC(=O)C2. The fourth-order valence-corrected chi connectivity index (χ4v) is 2.01. The summed E-state index contributed by atoms with van der Waals surface area (Å²) in [4.78, 5) is 23.2. The lowest BCUT2D eigenvalue weighted by Gasteiger charge is -2.09. The number of amides is 2. The Bertz CT molecular complexity index is 512. The standard InChI is InChI=1S/C15H20N2O3/c1-10(2)9-20-6-5-16-15(19)12-4-3-11-8-14(18)17-13(11)7-12/h3-4,7,10H,5-6,8-9H2,1-2H3,(H,16,19)(H,17,18). The predicted octanol–water partition coefficient (Wildman–Crippen LogP) is 1.58. The zero-order chi connectivity index (χ0) is 14.5. The topological polar surface area (TPSA) is 67.4 Å². The molecular weight excluding hydrogens is 256 g/mol. The summed E-state index contributed by atoms with van der Waals surface area (Å²) >= 11 is 0. The molecule has 0 bridgehead atoms. The maximum Gasteiger partial charge on any atom is 0.251 e. The monoisotopic (exact) mass is 276 g/mol. The second-order valence-corrected chi connectivity index (χ2v) is 5.32. The average molecular weight is 276 g/mol. The van der Waals surface area contributed by atoms with Crippen molar-refractivity contribution in [3.63, 3.8) is 0 Å². The minimum Gasteiger partial charge on any atom is -0.379 e. The number of hydrogen-bond acceptors (Lipinski definition) is 3. The van der Waals surface area contributed by atoms with Crippen molar-refractivity contribution in [2.75, 3.05) is 25.1 Å². The van der Waals surface area contributed by atoms with Gasteiger partial charge in [0.25, 0.3) is 5.91 Å². The molecule has 2 rings (SSSR count). The smallest absolute Gasteiger partial charge is 0.251 e. The quantitative estimate of drug-likeness (QED) is 0.775. The molecule has 0 atom stereocenters. The third kappa shape index (κ3) is 3.81. The Morgan fingerprint density at radius 1 is 1.45 bits per heavy atom. The van der Waals surface area contributed by atoms with Gasteiger partial charge in [-0.15, -0.1) is 0 Å². The molecule has 5 nitrogen and oxygen atoms in total. The molecule has 1 aromatic carbocycles. The number of carbonyl (C=O) groups excluding carboxylic acids is 2. The zero-order valence-corrected chi connectivity index (χ0v) is 11.9. The molecule has 0 saturated carbocycles. The number of nitrogens with one attached hydrogen (secondary N) is 2. The van der Waals surface area contributed by atoms with Crippen LogP contribution in [-0.2, 0) is 16.0 Å². The Balaban J connectivity index is 1.81. The first-order valence-electron chi connectivity index (χ1n) is 6.85. The van der Waals surface area contributed by atoms with E-state index in [1.807, 2.05) is 6.07 Å². The Hall–Kier alpha value is -1.88. The molecule has 1 heterocycles. The summed E-state index contributed by atoms with van der Waals surface area (Å²) in [6.45, 7) is 5.84. The summed E-state index contributed by atoms with van der Waals surface area (Å²) in [6, 6.07) is 5.27. The number of anilines is 1.